The number of nitrogens with zero attached hydrogens (tertiary/aromatic N) is 2. The molecule has 0 aromatic carbocycles. The Morgan fingerprint density at radius 1 is 1.22 bits per heavy atom. The van der Waals surface area contributed by atoms with Crippen molar-refractivity contribution < 1.29 is 12.8 Å². The molecule has 2 aliphatic heterocycles. The van der Waals surface area contributed by atoms with Crippen molar-refractivity contribution in [3.05, 3.63) is 17.9 Å². The van der Waals surface area contributed by atoms with Crippen LogP contribution >= 0.6 is 12.4 Å². The molecule has 0 spiro atoms. The molecule has 1 N–H and O–H groups in total. The first-order chi connectivity index (χ1) is 10.6. The van der Waals surface area contributed by atoms with Crippen molar-refractivity contribution in [1.29, 1.82) is 0 Å². The standard InChI is InChI=1S/C15H25N3O3S.ClH/c1-16-13-5-4-8-17(11-13)12-14-6-7-15(21-14)22(19,20)18-9-2-3-10-18;/h6-7,13,16H,2-5,8-12H2,1H3;1H. The molecule has 3 heterocycles. The van der Waals surface area contributed by atoms with E-state index in [9.17, 15) is 8.42 Å². The van der Waals surface area contributed by atoms with Crippen molar-refractivity contribution in [1.82, 2.24) is 14.5 Å². The molecule has 6 nitrogen and oxygen atoms in total. The van der Waals surface area contributed by atoms with Crippen LogP contribution in [0.2, 0.25) is 0 Å². The number of halogens is 1. The number of sulfonamides is 1. The van der Waals surface area contributed by atoms with Crippen molar-refractivity contribution in [2.45, 2.75) is 43.4 Å². The Bertz CT molecular complexity index is 599. The summed E-state index contributed by atoms with van der Waals surface area (Å²) in [5, 5.41) is 3.40. The molecule has 0 amide bonds. The lowest BCUT2D eigenvalue weighted by Crippen LogP contribution is -2.43. The van der Waals surface area contributed by atoms with E-state index >= 15 is 0 Å². The number of likely N-dealkylation sites (N-methyl/N-ethyl adjacent to an activating group) is 1. The molecule has 1 aromatic rings. The fourth-order valence-electron chi connectivity index (χ4n) is 3.29. The Balaban J connectivity index is 0.00000192. The highest BCUT2D eigenvalue weighted by atomic mass is 35.5. The summed E-state index contributed by atoms with van der Waals surface area (Å²) in [4.78, 5) is 2.32. The SMILES string of the molecule is CNC1CCCN(Cc2ccc(S(=O)(=O)N3CCCC3)o2)C1.Cl. The van der Waals surface area contributed by atoms with Crippen LogP contribution in [0.3, 0.4) is 0 Å². The summed E-state index contributed by atoms with van der Waals surface area (Å²) in [6.45, 7) is 3.90. The minimum atomic E-state index is -3.44. The van der Waals surface area contributed by atoms with E-state index in [-0.39, 0.29) is 17.5 Å². The number of furan rings is 1. The number of piperidine rings is 1. The van der Waals surface area contributed by atoms with Crippen LogP contribution in [0.4, 0.5) is 0 Å². The van der Waals surface area contributed by atoms with Crippen LogP contribution in [-0.4, -0.2) is 56.9 Å². The lowest BCUT2D eigenvalue weighted by molar-refractivity contribution is 0.172. The van der Waals surface area contributed by atoms with Gasteiger partial charge in [-0.25, -0.2) is 8.42 Å². The number of hydrogen-bond acceptors (Lipinski definition) is 5. The summed E-state index contributed by atoms with van der Waals surface area (Å²) in [6, 6.07) is 3.91. The van der Waals surface area contributed by atoms with Gasteiger partial charge in [-0.1, -0.05) is 0 Å². The number of hydrogen-bond donors (Lipinski definition) is 1. The van der Waals surface area contributed by atoms with Crippen LogP contribution < -0.4 is 5.32 Å². The molecule has 2 saturated heterocycles. The van der Waals surface area contributed by atoms with Gasteiger partial charge in [0.1, 0.15) is 5.76 Å². The van der Waals surface area contributed by atoms with Gasteiger partial charge < -0.3 is 9.73 Å². The molecule has 0 radical (unpaired) electrons. The van der Waals surface area contributed by atoms with E-state index in [0.29, 0.717) is 25.7 Å². The van der Waals surface area contributed by atoms with Gasteiger partial charge in [0, 0.05) is 25.7 Å². The maximum absolute atomic E-state index is 12.4. The average Bonchev–Trinajstić information content (AvgIpc) is 3.19. The summed E-state index contributed by atoms with van der Waals surface area (Å²) in [6.07, 6.45) is 4.23. The molecular weight excluding hydrogens is 338 g/mol. The van der Waals surface area contributed by atoms with Gasteiger partial charge in [0.25, 0.3) is 10.0 Å². The molecule has 3 rings (SSSR count). The van der Waals surface area contributed by atoms with Crippen molar-refractivity contribution in [2.75, 3.05) is 33.2 Å². The molecule has 23 heavy (non-hydrogen) atoms. The number of rotatable bonds is 5. The van der Waals surface area contributed by atoms with Crippen LogP contribution in [0.1, 0.15) is 31.4 Å². The highest BCUT2D eigenvalue weighted by Gasteiger charge is 2.30. The molecule has 1 unspecified atom stereocenters. The third-order valence-corrected chi connectivity index (χ3v) is 6.36. The van der Waals surface area contributed by atoms with Gasteiger partial charge in [0.2, 0.25) is 5.09 Å². The zero-order valence-corrected chi connectivity index (χ0v) is 15.2. The Kier molecular flexibility index (Phi) is 6.50. The zero-order chi connectivity index (χ0) is 15.6. The highest BCUT2D eigenvalue weighted by molar-refractivity contribution is 7.89. The van der Waals surface area contributed by atoms with Gasteiger partial charge >= 0.3 is 0 Å². The van der Waals surface area contributed by atoms with Gasteiger partial charge in [-0.2, -0.15) is 4.31 Å². The maximum Gasteiger partial charge on any atom is 0.276 e. The topological polar surface area (TPSA) is 65.8 Å². The minimum absolute atomic E-state index is 0. The second-order valence-electron chi connectivity index (χ2n) is 6.19. The predicted octanol–water partition coefficient (Wildman–Crippen LogP) is 1.67. The molecular formula is C15H26ClN3O3S. The lowest BCUT2D eigenvalue weighted by atomic mass is 10.1. The van der Waals surface area contributed by atoms with Crippen LogP contribution in [0, 0.1) is 0 Å². The summed E-state index contributed by atoms with van der Waals surface area (Å²) in [7, 11) is -1.45. The van der Waals surface area contributed by atoms with E-state index in [2.05, 4.69) is 10.2 Å². The molecule has 132 valence electrons. The third kappa shape index (κ3) is 4.28. The van der Waals surface area contributed by atoms with Crippen molar-refractivity contribution >= 4 is 22.4 Å². The number of nitrogens with one attached hydrogen (secondary N) is 1. The lowest BCUT2D eigenvalue weighted by Gasteiger charge is -2.31. The van der Waals surface area contributed by atoms with Crippen molar-refractivity contribution in [2.24, 2.45) is 0 Å². The number of likely N-dealkylation sites (tertiary alicyclic amines) is 1. The highest BCUT2D eigenvalue weighted by Crippen LogP contribution is 2.23. The summed E-state index contributed by atoms with van der Waals surface area (Å²) < 4.78 is 32.1. The van der Waals surface area contributed by atoms with E-state index < -0.39 is 10.0 Å². The monoisotopic (exact) mass is 363 g/mol. The summed E-state index contributed by atoms with van der Waals surface area (Å²) in [5.74, 6) is 0.731. The second-order valence-corrected chi connectivity index (χ2v) is 8.06. The van der Waals surface area contributed by atoms with E-state index in [4.69, 9.17) is 4.42 Å². The Labute approximate surface area is 144 Å². The van der Waals surface area contributed by atoms with E-state index in [1.54, 1.807) is 12.1 Å². The average molecular weight is 364 g/mol. The Morgan fingerprint density at radius 3 is 2.65 bits per heavy atom. The first-order valence-electron chi connectivity index (χ1n) is 8.08. The molecule has 2 aliphatic rings. The van der Waals surface area contributed by atoms with E-state index in [1.807, 2.05) is 7.05 Å². The predicted molar refractivity (Wildman–Crippen MR) is 91.3 cm³/mol. The smallest absolute Gasteiger partial charge is 0.276 e. The summed E-state index contributed by atoms with van der Waals surface area (Å²) >= 11 is 0. The van der Waals surface area contributed by atoms with Crippen molar-refractivity contribution in [3.8, 4) is 0 Å². The van der Waals surface area contributed by atoms with Crippen LogP contribution in [0.15, 0.2) is 21.6 Å². The molecule has 1 atom stereocenters. The maximum atomic E-state index is 12.4. The van der Waals surface area contributed by atoms with Crippen LogP contribution in [0.25, 0.3) is 0 Å². The van der Waals surface area contributed by atoms with E-state index in [1.165, 1.54) is 10.7 Å². The quantitative estimate of drug-likeness (QED) is 0.862. The largest absolute Gasteiger partial charge is 0.447 e. The summed E-state index contributed by atoms with van der Waals surface area (Å²) in [5.41, 5.74) is 0. The fraction of sp³-hybridized carbons (Fsp3) is 0.733. The minimum Gasteiger partial charge on any atom is -0.447 e. The molecule has 1 aromatic heterocycles. The first kappa shape index (κ1) is 18.7. The van der Waals surface area contributed by atoms with Gasteiger partial charge in [-0.05, 0) is 51.4 Å². The molecule has 2 fully saturated rings. The molecule has 0 bridgehead atoms. The fourth-order valence-corrected chi connectivity index (χ4v) is 4.74. The second kappa shape index (κ2) is 7.98. The third-order valence-electron chi connectivity index (χ3n) is 4.59. The molecule has 8 heteroatoms. The first-order valence-corrected chi connectivity index (χ1v) is 9.52. The van der Waals surface area contributed by atoms with Gasteiger partial charge in [-0.3, -0.25) is 4.90 Å². The molecule has 0 aliphatic carbocycles. The van der Waals surface area contributed by atoms with Crippen molar-refractivity contribution in [3.63, 3.8) is 0 Å². The Morgan fingerprint density at radius 2 is 1.96 bits per heavy atom. The van der Waals surface area contributed by atoms with Crippen LogP contribution in [-0.2, 0) is 16.6 Å². The zero-order valence-electron chi connectivity index (χ0n) is 13.5. The normalized spacial score (nSPS) is 23.8. The Hall–Kier alpha value is -0.600. The van der Waals surface area contributed by atoms with Gasteiger partial charge in [-0.15, -0.1) is 12.4 Å². The van der Waals surface area contributed by atoms with Gasteiger partial charge in [0.15, 0.2) is 0 Å². The van der Waals surface area contributed by atoms with Crippen LogP contribution in [0.5, 0.6) is 0 Å². The van der Waals surface area contributed by atoms with Gasteiger partial charge in [0.05, 0.1) is 6.54 Å². The molecule has 0 saturated carbocycles. The van der Waals surface area contributed by atoms with E-state index in [0.717, 1.165) is 38.1 Å².